The van der Waals surface area contributed by atoms with Crippen molar-refractivity contribution in [2.24, 2.45) is 0 Å². The Hall–Kier alpha value is -3.86. The summed E-state index contributed by atoms with van der Waals surface area (Å²) in [5.74, 6) is -0.387. The summed E-state index contributed by atoms with van der Waals surface area (Å²) < 4.78 is 10.8. The van der Waals surface area contributed by atoms with Crippen LogP contribution in [-0.4, -0.2) is 20.1 Å². The monoisotopic (exact) mass is 421 g/mol. The summed E-state index contributed by atoms with van der Waals surface area (Å²) in [6.07, 6.45) is 5.93. The minimum absolute atomic E-state index is 0.383. The largest absolute Gasteiger partial charge is 0.439 e. The van der Waals surface area contributed by atoms with E-state index in [4.69, 9.17) is 4.74 Å². The van der Waals surface area contributed by atoms with Gasteiger partial charge in [0, 0.05) is 70.2 Å². The summed E-state index contributed by atoms with van der Waals surface area (Å²) in [4.78, 5) is 17.6. The standard InChI is InChI=1S/C27H23N3O2/c1-3-29-16-21(18-10-5-7-13-23(18)29)27(20-12-9-15-28-25(20)26(31)32-27)22-17-30(4-2)24-14-8-6-11-19(22)24/h5-17H,3-4H2,1-2H3. The Morgan fingerprint density at radius 1 is 0.781 bits per heavy atom. The van der Waals surface area contributed by atoms with Crippen molar-refractivity contribution >= 4 is 27.8 Å². The van der Waals surface area contributed by atoms with Gasteiger partial charge in [-0.3, -0.25) is 0 Å². The zero-order chi connectivity index (χ0) is 21.9. The molecule has 0 bridgehead atoms. The molecule has 0 unspecified atom stereocenters. The molecule has 2 aromatic carbocycles. The molecule has 0 spiro atoms. The molecule has 1 aliphatic rings. The zero-order valence-electron chi connectivity index (χ0n) is 18.1. The van der Waals surface area contributed by atoms with Crippen molar-refractivity contribution in [3.05, 3.63) is 102 Å². The molecule has 0 amide bonds. The molecule has 0 saturated heterocycles. The van der Waals surface area contributed by atoms with Gasteiger partial charge >= 0.3 is 5.97 Å². The lowest BCUT2D eigenvalue weighted by molar-refractivity contribution is 0.0256. The molecule has 158 valence electrons. The van der Waals surface area contributed by atoms with Crippen LogP contribution in [0, 0.1) is 0 Å². The Bertz CT molecular complexity index is 1430. The van der Waals surface area contributed by atoms with Crippen LogP contribution < -0.4 is 0 Å². The highest BCUT2D eigenvalue weighted by Gasteiger charge is 2.52. The van der Waals surface area contributed by atoms with Crippen molar-refractivity contribution in [1.29, 1.82) is 0 Å². The lowest BCUT2D eigenvalue weighted by Crippen LogP contribution is -2.29. The van der Waals surface area contributed by atoms with Gasteiger partial charge in [-0.2, -0.15) is 0 Å². The number of nitrogens with zero attached hydrogens (tertiary/aromatic N) is 3. The number of aryl methyl sites for hydroxylation is 2. The van der Waals surface area contributed by atoms with Gasteiger partial charge < -0.3 is 13.9 Å². The van der Waals surface area contributed by atoms with E-state index in [9.17, 15) is 4.79 Å². The van der Waals surface area contributed by atoms with Gasteiger partial charge in [0.15, 0.2) is 11.3 Å². The molecule has 6 rings (SSSR count). The SMILES string of the molecule is CCn1cc(C2(c3cn(CC)c4ccccc34)OC(=O)c3ncccc32)c2ccccc21. The Balaban J connectivity index is 1.80. The third kappa shape index (κ3) is 2.33. The van der Waals surface area contributed by atoms with Crippen molar-refractivity contribution < 1.29 is 9.53 Å². The molecule has 0 saturated carbocycles. The number of aromatic nitrogens is 3. The Morgan fingerprint density at radius 2 is 1.34 bits per heavy atom. The number of pyridine rings is 1. The number of esters is 1. The minimum atomic E-state index is -1.07. The predicted octanol–water partition coefficient (Wildman–Crippen LogP) is 5.49. The van der Waals surface area contributed by atoms with Gasteiger partial charge in [-0.1, -0.05) is 42.5 Å². The number of carbonyl (C=O) groups is 1. The molecule has 0 radical (unpaired) electrons. The van der Waals surface area contributed by atoms with E-state index < -0.39 is 5.60 Å². The van der Waals surface area contributed by atoms with Crippen LogP contribution in [0.15, 0.2) is 79.3 Å². The van der Waals surface area contributed by atoms with Crippen molar-refractivity contribution in [2.45, 2.75) is 32.5 Å². The van der Waals surface area contributed by atoms with E-state index in [-0.39, 0.29) is 5.97 Å². The maximum Gasteiger partial charge on any atom is 0.358 e. The van der Waals surface area contributed by atoms with E-state index in [0.29, 0.717) is 5.69 Å². The molecule has 5 heteroatoms. The summed E-state index contributed by atoms with van der Waals surface area (Å²) in [5.41, 5.74) is 4.29. The van der Waals surface area contributed by atoms with Crippen LogP contribution in [-0.2, 0) is 23.4 Å². The molecule has 5 nitrogen and oxygen atoms in total. The van der Waals surface area contributed by atoms with Crippen molar-refractivity contribution in [2.75, 3.05) is 0 Å². The second-order valence-corrected chi connectivity index (χ2v) is 8.16. The molecule has 1 aliphatic heterocycles. The van der Waals surface area contributed by atoms with Gasteiger partial charge in [0.1, 0.15) is 0 Å². The molecule has 3 aromatic heterocycles. The number of benzene rings is 2. The van der Waals surface area contributed by atoms with Crippen LogP contribution >= 0.6 is 0 Å². The molecule has 5 aromatic rings. The molecular weight excluding hydrogens is 398 g/mol. The third-order valence-corrected chi connectivity index (χ3v) is 6.64. The van der Waals surface area contributed by atoms with E-state index in [1.165, 1.54) is 0 Å². The topological polar surface area (TPSA) is 49.0 Å². The number of rotatable bonds is 4. The summed E-state index contributed by atoms with van der Waals surface area (Å²) in [5, 5.41) is 2.15. The van der Waals surface area contributed by atoms with E-state index in [1.807, 2.05) is 36.4 Å². The van der Waals surface area contributed by atoms with Gasteiger partial charge in [-0.15, -0.1) is 0 Å². The highest BCUT2D eigenvalue weighted by Crippen LogP contribution is 2.51. The van der Waals surface area contributed by atoms with Crippen LogP contribution in [0.25, 0.3) is 21.8 Å². The van der Waals surface area contributed by atoms with Gasteiger partial charge in [0.2, 0.25) is 0 Å². The quantitative estimate of drug-likeness (QED) is 0.360. The van der Waals surface area contributed by atoms with Crippen LogP contribution in [0.2, 0.25) is 0 Å². The molecule has 0 N–H and O–H groups in total. The Morgan fingerprint density at radius 3 is 1.91 bits per heavy atom. The first-order valence-electron chi connectivity index (χ1n) is 11.0. The smallest absolute Gasteiger partial charge is 0.358 e. The number of ether oxygens (including phenoxy) is 1. The normalized spacial score (nSPS) is 14.8. The van der Waals surface area contributed by atoms with Crippen molar-refractivity contribution in [3.8, 4) is 0 Å². The lowest BCUT2D eigenvalue weighted by Gasteiger charge is -2.29. The average Bonchev–Trinajstić information content (AvgIpc) is 3.50. The van der Waals surface area contributed by atoms with Crippen LogP contribution in [0.5, 0.6) is 0 Å². The fourth-order valence-electron chi connectivity index (χ4n) is 5.22. The van der Waals surface area contributed by atoms with E-state index in [2.05, 4.69) is 64.6 Å². The van der Waals surface area contributed by atoms with Crippen LogP contribution in [0.3, 0.4) is 0 Å². The second kappa shape index (κ2) is 6.82. The Labute approximate surface area is 185 Å². The number of cyclic esters (lactones) is 1. The van der Waals surface area contributed by atoms with Crippen LogP contribution in [0.4, 0.5) is 0 Å². The first-order chi connectivity index (χ1) is 15.7. The number of para-hydroxylation sites is 2. The predicted molar refractivity (Wildman–Crippen MR) is 125 cm³/mol. The zero-order valence-corrected chi connectivity index (χ0v) is 18.1. The van der Waals surface area contributed by atoms with E-state index in [0.717, 1.165) is 51.6 Å². The van der Waals surface area contributed by atoms with Gasteiger partial charge in [0.25, 0.3) is 0 Å². The number of hydrogen-bond acceptors (Lipinski definition) is 3. The minimum Gasteiger partial charge on any atom is -0.439 e. The molecule has 0 fully saturated rings. The fourth-order valence-corrected chi connectivity index (χ4v) is 5.22. The fraction of sp³-hybridized carbons (Fsp3) is 0.185. The van der Waals surface area contributed by atoms with E-state index >= 15 is 0 Å². The summed E-state index contributed by atoms with van der Waals surface area (Å²) >= 11 is 0. The maximum absolute atomic E-state index is 13.2. The first-order valence-corrected chi connectivity index (χ1v) is 11.0. The van der Waals surface area contributed by atoms with Crippen LogP contribution in [0.1, 0.15) is 41.0 Å². The first kappa shape index (κ1) is 18.9. The van der Waals surface area contributed by atoms with E-state index in [1.54, 1.807) is 6.20 Å². The summed E-state index contributed by atoms with van der Waals surface area (Å²) in [6, 6.07) is 20.5. The molecular formula is C27H23N3O2. The highest BCUT2D eigenvalue weighted by molar-refractivity contribution is 5.99. The average molecular weight is 422 g/mol. The molecule has 4 heterocycles. The summed E-state index contributed by atoms with van der Waals surface area (Å²) in [6.45, 7) is 5.90. The Kier molecular flexibility index (Phi) is 4.02. The maximum atomic E-state index is 13.2. The third-order valence-electron chi connectivity index (χ3n) is 6.64. The highest BCUT2D eigenvalue weighted by atomic mass is 16.6. The van der Waals surface area contributed by atoms with Crippen molar-refractivity contribution in [1.82, 2.24) is 14.1 Å². The van der Waals surface area contributed by atoms with Crippen molar-refractivity contribution in [3.63, 3.8) is 0 Å². The molecule has 0 aliphatic carbocycles. The number of carbonyl (C=O) groups excluding carboxylic acids is 1. The second-order valence-electron chi connectivity index (χ2n) is 8.16. The van der Waals surface area contributed by atoms with Gasteiger partial charge in [0.05, 0.1) is 0 Å². The number of hydrogen-bond donors (Lipinski definition) is 0. The molecule has 32 heavy (non-hydrogen) atoms. The summed E-state index contributed by atoms with van der Waals surface area (Å²) in [7, 11) is 0. The lowest BCUT2D eigenvalue weighted by atomic mass is 9.80. The molecule has 0 atom stereocenters. The van der Waals surface area contributed by atoms with Gasteiger partial charge in [-0.05, 0) is 32.0 Å². The van der Waals surface area contributed by atoms with Gasteiger partial charge in [-0.25, -0.2) is 9.78 Å². The number of fused-ring (bicyclic) bond motifs is 3.